The Labute approximate surface area is 120 Å². The molecular weight excluding hydrogens is 310 g/mol. The van der Waals surface area contributed by atoms with Gasteiger partial charge in [0.1, 0.15) is 5.41 Å². The van der Waals surface area contributed by atoms with Crippen LogP contribution in [0.15, 0.2) is 22.7 Å². The van der Waals surface area contributed by atoms with Gasteiger partial charge in [0.05, 0.1) is 0 Å². The molecule has 19 heavy (non-hydrogen) atoms. The van der Waals surface area contributed by atoms with Crippen molar-refractivity contribution < 1.29 is 14.7 Å². The summed E-state index contributed by atoms with van der Waals surface area (Å²) in [6, 6.07) is 5.57. The lowest BCUT2D eigenvalue weighted by atomic mass is 9.68. The van der Waals surface area contributed by atoms with Crippen molar-refractivity contribution in [2.45, 2.75) is 32.6 Å². The monoisotopic (exact) mass is 325 g/mol. The molecule has 0 unspecified atom stereocenters. The zero-order valence-corrected chi connectivity index (χ0v) is 12.3. The molecule has 0 aromatic heterocycles. The van der Waals surface area contributed by atoms with Crippen molar-refractivity contribution in [1.82, 2.24) is 0 Å². The van der Waals surface area contributed by atoms with Crippen molar-refractivity contribution in [3.8, 4) is 0 Å². The molecule has 0 aliphatic heterocycles. The van der Waals surface area contributed by atoms with Crippen molar-refractivity contribution in [1.29, 1.82) is 0 Å². The molecule has 0 bridgehead atoms. The lowest BCUT2D eigenvalue weighted by molar-refractivity contribution is -0.159. The van der Waals surface area contributed by atoms with Crippen LogP contribution >= 0.6 is 15.9 Å². The largest absolute Gasteiger partial charge is 0.480 e. The van der Waals surface area contributed by atoms with Gasteiger partial charge in [-0.05, 0) is 43.0 Å². The van der Waals surface area contributed by atoms with Crippen molar-refractivity contribution in [3.05, 3.63) is 28.2 Å². The molecule has 1 aromatic rings. The van der Waals surface area contributed by atoms with Crippen LogP contribution in [0.5, 0.6) is 0 Å². The SMILES string of the molecule is CCc1cc(Br)ccc1NC(=O)C1(C(=O)O)CCC1. The van der Waals surface area contributed by atoms with Crippen molar-refractivity contribution >= 4 is 33.5 Å². The van der Waals surface area contributed by atoms with Gasteiger partial charge in [-0.15, -0.1) is 0 Å². The van der Waals surface area contributed by atoms with Crippen LogP contribution in [-0.4, -0.2) is 17.0 Å². The maximum atomic E-state index is 12.2. The van der Waals surface area contributed by atoms with Crippen LogP contribution in [0.25, 0.3) is 0 Å². The molecule has 1 amide bonds. The predicted octanol–water partition coefficient (Wildman–Crippen LogP) is 3.20. The summed E-state index contributed by atoms with van der Waals surface area (Å²) < 4.78 is 0.943. The zero-order valence-electron chi connectivity index (χ0n) is 10.7. The van der Waals surface area contributed by atoms with E-state index in [1.54, 1.807) is 6.07 Å². The third kappa shape index (κ3) is 2.52. The predicted molar refractivity (Wildman–Crippen MR) is 76.1 cm³/mol. The minimum Gasteiger partial charge on any atom is -0.480 e. The Balaban J connectivity index is 2.22. The first-order valence-corrected chi connectivity index (χ1v) is 7.12. The van der Waals surface area contributed by atoms with Gasteiger partial charge in [0.25, 0.3) is 0 Å². The van der Waals surface area contributed by atoms with Gasteiger partial charge in [0.15, 0.2) is 0 Å². The highest BCUT2D eigenvalue weighted by atomic mass is 79.9. The summed E-state index contributed by atoms with van der Waals surface area (Å²) in [5.74, 6) is -1.42. The number of rotatable bonds is 4. The molecule has 2 N–H and O–H groups in total. The molecule has 1 aromatic carbocycles. The Morgan fingerprint density at radius 3 is 2.58 bits per heavy atom. The Morgan fingerprint density at radius 1 is 1.42 bits per heavy atom. The molecule has 5 heteroatoms. The van der Waals surface area contributed by atoms with E-state index in [0.29, 0.717) is 18.5 Å². The summed E-state index contributed by atoms with van der Waals surface area (Å²) >= 11 is 3.38. The lowest BCUT2D eigenvalue weighted by Gasteiger charge is -2.35. The van der Waals surface area contributed by atoms with E-state index in [9.17, 15) is 14.7 Å². The molecule has 0 spiro atoms. The number of hydrogen-bond acceptors (Lipinski definition) is 2. The minimum atomic E-state index is -1.22. The van der Waals surface area contributed by atoms with E-state index in [1.165, 1.54) is 0 Å². The second kappa shape index (κ2) is 5.33. The Bertz CT molecular complexity index is 523. The van der Waals surface area contributed by atoms with Crippen LogP contribution in [0.2, 0.25) is 0 Å². The second-order valence-corrected chi connectivity index (χ2v) is 5.77. The van der Waals surface area contributed by atoms with E-state index >= 15 is 0 Å². The number of aryl methyl sites for hydroxylation is 1. The number of amides is 1. The van der Waals surface area contributed by atoms with Gasteiger partial charge in [-0.25, -0.2) is 0 Å². The first kappa shape index (κ1) is 14.1. The molecule has 1 fully saturated rings. The summed E-state index contributed by atoms with van der Waals surface area (Å²) in [7, 11) is 0. The van der Waals surface area contributed by atoms with Gasteiger partial charge in [-0.2, -0.15) is 0 Å². The van der Waals surface area contributed by atoms with Gasteiger partial charge < -0.3 is 10.4 Å². The number of aliphatic carboxylic acids is 1. The molecule has 1 aliphatic rings. The quantitative estimate of drug-likeness (QED) is 0.835. The fourth-order valence-corrected chi connectivity index (χ4v) is 2.70. The molecule has 0 radical (unpaired) electrons. The molecule has 1 saturated carbocycles. The number of hydrogen-bond donors (Lipinski definition) is 2. The number of anilines is 1. The van der Waals surface area contributed by atoms with Gasteiger partial charge in [0, 0.05) is 10.2 Å². The first-order chi connectivity index (χ1) is 8.99. The number of nitrogens with one attached hydrogen (secondary N) is 1. The Kier molecular flexibility index (Phi) is 3.94. The van der Waals surface area contributed by atoms with E-state index in [-0.39, 0.29) is 0 Å². The van der Waals surface area contributed by atoms with Crippen molar-refractivity contribution in [2.24, 2.45) is 5.41 Å². The van der Waals surface area contributed by atoms with E-state index < -0.39 is 17.3 Å². The average Bonchev–Trinajstić information content (AvgIpc) is 2.29. The number of carboxylic acid groups (broad SMARTS) is 1. The fraction of sp³-hybridized carbons (Fsp3) is 0.429. The van der Waals surface area contributed by atoms with E-state index in [1.807, 2.05) is 19.1 Å². The number of halogens is 1. The number of carbonyl (C=O) groups is 2. The van der Waals surface area contributed by atoms with Crippen LogP contribution in [0, 0.1) is 5.41 Å². The summed E-state index contributed by atoms with van der Waals surface area (Å²) in [6.45, 7) is 1.99. The second-order valence-electron chi connectivity index (χ2n) is 4.85. The van der Waals surface area contributed by atoms with E-state index in [2.05, 4.69) is 21.2 Å². The molecule has 4 nitrogen and oxygen atoms in total. The van der Waals surface area contributed by atoms with Gasteiger partial charge in [-0.1, -0.05) is 29.3 Å². The molecule has 0 atom stereocenters. The normalized spacial score (nSPS) is 16.5. The van der Waals surface area contributed by atoms with Crippen molar-refractivity contribution in [2.75, 3.05) is 5.32 Å². The maximum absolute atomic E-state index is 12.2. The van der Waals surface area contributed by atoms with Crippen LogP contribution in [-0.2, 0) is 16.0 Å². The Morgan fingerprint density at radius 2 is 2.11 bits per heavy atom. The topological polar surface area (TPSA) is 66.4 Å². The number of carboxylic acids is 1. The average molecular weight is 326 g/mol. The van der Waals surface area contributed by atoms with Gasteiger partial charge >= 0.3 is 5.97 Å². The van der Waals surface area contributed by atoms with Crippen LogP contribution < -0.4 is 5.32 Å². The number of benzene rings is 1. The smallest absolute Gasteiger partial charge is 0.319 e. The van der Waals surface area contributed by atoms with Gasteiger partial charge in [0.2, 0.25) is 5.91 Å². The number of carbonyl (C=O) groups excluding carboxylic acids is 1. The maximum Gasteiger partial charge on any atom is 0.319 e. The highest BCUT2D eigenvalue weighted by Gasteiger charge is 2.51. The first-order valence-electron chi connectivity index (χ1n) is 6.33. The standard InChI is InChI=1S/C14H16BrNO3/c1-2-9-8-10(15)4-5-11(9)16-12(17)14(13(18)19)6-3-7-14/h4-5,8H,2-3,6-7H2,1H3,(H,16,17)(H,18,19). The van der Waals surface area contributed by atoms with E-state index in [0.717, 1.165) is 22.9 Å². The summed E-state index contributed by atoms with van der Waals surface area (Å²) in [4.78, 5) is 23.5. The highest BCUT2D eigenvalue weighted by molar-refractivity contribution is 9.10. The zero-order chi connectivity index (χ0) is 14.0. The van der Waals surface area contributed by atoms with Crippen LogP contribution in [0.4, 0.5) is 5.69 Å². The van der Waals surface area contributed by atoms with Crippen molar-refractivity contribution in [3.63, 3.8) is 0 Å². The summed E-state index contributed by atoms with van der Waals surface area (Å²) in [6.07, 6.45) is 2.41. The van der Waals surface area contributed by atoms with Crippen LogP contribution in [0.1, 0.15) is 31.7 Å². The molecule has 0 heterocycles. The highest BCUT2D eigenvalue weighted by Crippen LogP contribution is 2.42. The molecule has 102 valence electrons. The summed E-state index contributed by atoms with van der Waals surface area (Å²) in [5.41, 5.74) is 0.462. The third-order valence-electron chi connectivity index (χ3n) is 3.75. The van der Waals surface area contributed by atoms with E-state index in [4.69, 9.17) is 0 Å². The van der Waals surface area contributed by atoms with Gasteiger partial charge in [-0.3, -0.25) is 9.59 Å². The summed E-state index contributed by atoms with van der Waals surface area (Å²) in [5, 5.41) is 12.0. The molecule has 1 aliphatic carbocycles. The molecule has 2 rings (SSSR count). The lowest BCUT2D eigenvalue weighted by Crippen LogP contribution is -2.48. The minimum absolute atomic E-state index is 0.400. The molecular formula is C14H16BrNO3. The molecule has 0 saturated heterocycles. The van der Waals surface area contributed by atoms with Crippen LogP contribution in [0.3, 0.4) is 0 Å². The fourth-order valence-electron chi connectivity index (χ4n) is 2.29. The Hall–Kier alpha value is -1.36. The third-order valence-corrected chi connectivity index (χ3v) is 4.24.